The van der Waals surface area contributed by atoms with Crippen LogP contribution in [0.15, 0.2) is 36.9 Å². The van der Waals surface area contributed by atoms with Gasteiger partial charge in [0.1, 0.15) is 12.6 Å². The highest BCUT2D eigenvalue weighted by Crippen LogP contribution is 2.39. The molecule has 0 unspecified atom stereocenters. The minimum absolute atomic E-state index is 0.0193. The van der Waals surface area contributed by atoms with Gasteiger partial charge in [0.05, 0.1) is 39.8 Å². The predicted octanol–water partition coefficient (Wildman–Crippen LogP) is 2.62. The van der Waals surface area contributed by atoms with E-state index in [1.165, 1.54) is 35.1 Å². The number of benzene rings is 1. The highest BCUT2D eigenvalue weighted by atomic mass is 35.5. The molecule has 18 heteroatoms. The fraction of sp³-hybridized carbons (Fsp3) is 0.296. The first-order valence-electron chi connectivity index (χ1n) is 13.4. The Hall–Kier alpha value is -5.21. The number of nitriles is 1. The molecule has 1 fully saturated rings. The van der Waals surface area contributed by atoms with E-state index in [1.54, 1.807) is 17.9 Å². The predicted molar refractivity (Wildman–Crippen MR) is 153 cm³/mol. The van der Waals surface area contributed by atoms with Crippen LogP contribution in [-0.4, -0.2) is 79.6 Å². The SMILES string of the molecule is C[C@@H](NC(=O)c1ccc(Nc2nccn3c(-c4cn(CC#N)nc4C(F)(F)F)cnc23)c(OC=O)c1Cl)C(=O)N1CCNCC1. The van der Waals surface area contributed by atoms with Gasteiger partial charge in [0, 0.05) is 44.8 Å². The number of nitrogens with one attached hydrogen (secondary N) is 3. The summed E-state index contributed by atoms with van der Waals surface area (Å²) < 4.78 is 48.6. The molecule has 0 spiro atoms. The molecule has 234 valence electrons. The van der Waals surface area contributed by atoms with Gasteiger partial charge in [0.2, 0.25) is 5.91 Å². The quantitative estimate of drug-likeness (QED) is 0.230. The molecule has 1 aliphatic rings. The van der Waals surface area contributed by atoms with E-state index in [4.69, 9.17) is 21.6 Å². The number of rotatable bonds is 9. The second kappa shape index (κ2) is 12.8. The lowest BCUT2D eigenvalue weighted by atomic mass is 10.1. The van der Waals surface area contributed by atoms with Crippen molar-refractivity contribution >= 4 is 47.0 Å². The van der Waals surface area contributed by atoms with Crippen LogP contribution in [0.25, 0.3) is 16.9 Å². The number of amides is 2. The van der Waals surface area contributed by atoms with Crippen LogP contribution in [-0.2, 0) is 22.3 Å². The summed E-state index contributed by atoms with van der Waals surface area (Å²) in [4.78, 5) is 47.3. The summed E-state index contributed by atoms with van der Waals surface area (Å²) in [6, 6.07) is 3.62. The van der Waals surface area contributed by atoms with E-state index in [0.717, 1.165) is 10.9 Å². The molecule has 14 nitrogen and oxygen atoms in total. The van der Waals surface area contributed by atoms with Gasteiger partial charge in [0.25, 0.3) is 12.4 Å². The summed E-state index contributed by atoms with van der Waals surface area (Å²) in [5, 5.41) is 20.9. The molecule has 45 heavy (non-hydrogen) atoms. The average Bonchev–Trinajstić information content (AvgIpc) is 3.64. The maximum atomic E-state index is 13.8. The van der Waals surface area contributed by atoms with Crippen molar-refractivity contribution in [1.29, 1.82) is 5.26 Å². The number of hydrogen-bond donors (Lipinski definition) is 3. The Bertz CT molecular complexity index is 1810. The van der Waals surface area contributed by atoms with Crippen LogP contribution >= 0.6 is 11.6 Å². The lowest BCUT2D eigenvalue weighted by Gasteiger charge is -2.30. The van der Waals surface area contributed by atoms with Gasteiger partial charge >= 0.3 is 6.18 Å². The topological polar surface area (TPSA) is 172 Å². The number of alkyl halides is 3. The third-order valence-corrected chi connectivity index (χ3v) is 7.25. The van der Waals surface area contributed by atoms with Gasteiger partial charge in [-0.25, -0.2) is 9.97 Å². The van der Waals surface area contributed by atoms with Crippen molar-refractivity contribution in [2.75, 3.05) is 31.5 Å². The van der Waals surface area contributed by atoms with Gasteiger partial charge in [-0.1, -0.05) is 11.6 Å². The van der Waals surface area contributed by atoms with Gasteiger partial charge in [0.15, 0.2) is 22.9 Å². The molecule has 0 saturated carbocycles. The Balaban J connectivity index is 1.44. The molecule has 5 rings (SSSR count). The maximum Gasteiger partial charge on any atom is 0.435 e. The Kier molecular flexibility index (Phi) is 8.88. The number of anilines is 2. The van der Waals surface area contributed by atoms with E-state index < -0.39 is 30.4 Å². The highest BCUT2D eigenvalue weighted by Gasteiger charge is 2.38. The third kappa shape index (κ3) is 6.37. The van der Waals surface area contributed by atoms with Gasteiger partial charge < -0.3 is 25.6 Å². The van der Waals surface area contributed by atoms with Crippen molar-refractivity contribution in [1.82, 2.24) is 39.7 Å². The van der Waals surface area contributed by atoms with E-state index in [0.29, 0.717) is 26.2 Å². The number of hydrogen-bond acceptors (Lipinski definition) is 10. The number of piperazine rings is 1. The molecule has 3 N–H and O–H groups in total. The smallest absolute Gasteiger partial charge is 0.425 e. The van der Waals surface area contributed by atoms with E-state index in [1.807, 2.05) is 0 Å². The second-order valence-electron chi connectivity index (χ2n) is 9.77. The molecule has 0 radical (unpaired) electrons. The minimum atomic E-state index is -4.81. The molecule has 4 aromatic rings. The normalized spacial score (nSPS) is 14.1. The number of nitrogens with zero attached hydrogens (tertiary/aromatic N) is 7. The summed E-state index contributed by atoms with van der Waals surface area (Å²) in [5.74, 6) is -1.15. The van der Waals surface area contributed by atoms with Crippen molar-refractivity contribution in [2.24, 2.45) is 0 Å². The monoisotopic (exact) mass is 644 g/mol. The van der Waals surface area contributed by atoms with Crippen LogP contribution in [0.3, 0.4) is 0 Å². The van der Waals surface area contributed by atoms with Crippen molar-refractivity contribution in [3.63, 3.8) is 0 Å². The molecular weight excluding hydrogens is 621 g/mol. The highest BCUT2D eigenvalue weighted by molar-refractivity contribution is 6.36. The van der Waals surface area contributed by atoms with E-state index >= 15 is 0 Å². The average molecular weight is 645 g/mol. The largest absolute Gasteiger partial charge is 0.435 e. The van der Waals surface area contributed by atoms with Gasteiger partial charge in [-0.15, -0.1) is 0 Å². The number of carbonyl (C=O) groups excluding carboxylic acids is 3. The van der Waals surface area contributed by atoms with Crippen LogP contribution in [0.4, 0.5) is 24.7 Å². The number of carbonyl (C=O) groups is 3. The summed E-state index contributed by atoms with van der Waals surface area (Å²) in [6.07, 6.45) is 0.166. The number of fused-ring (bicyclic) bond motifs is 1. The molecule has 1 atom stereocenters. The number of aromatic nitrogens is 5. The minimum Gasteiger partial charge on any atom is -0.425 e. The summed E-state index contributed by atoms with van der Waals surface area (Å²) in [5.41, 5.74) is -1.40. The van der Waals surface area contributed by atoms with E-state index in [9.17, 15) is 27.6 Å². The Morgan fingerprint density at radius 2 is 2.02 bits per heavy atom. The number of imidazole rings is 1. The van der Waals surface area contributed by atoms with E-state index in [2.05, 4.69) is 31.0 Å². The molecular formula is C27H24ClF3N10O4. The zero-order valence-corrected chi connectivity index (χ0v) is 24.2. The summed E-state index contributed by atoms with van der Waals surface area (Å²) in [7, 11) is 0. The molecule has 1 saturated heterocycles. The van der Waals surface area contributed by atoms with E-state index in [-0.39, 0.29) is 57.1 Å². The number of halogens is 4. The zero-order chi connectivity index (χ0) is 32.3. The molecule has 3 aromatic heterocycles. The van der Waals surface area contributed by atoms with Crippen molar-refractivity contribution in [3.05, 3.63) is 53.2 Å². The fourth-order valence-electron chi connectivity index (χ4n) is 4.79. The fourth-order valence-corrected chi connectivity index (χ4v) is 5.09. The molecule has 1 aliphatic heterocycles. The number of ether oxygens (including phenoxy) is 1. The maximum absolute atomic E-state index is 13.8. The summed E-state index contributed by atoms with van der Waals surface area (Å²) >= 11 is 6.49. The first-order valence-corrected chi connectivity index (χ1v) is 13.8. The molecule has 0 bridgehead atoms. The van der Waals surface area contributed by atoms with Crippen LogP contribution in [0, 0.1) is 11.3 Å². The first-order chi connectivity index (χ1) is 21.5. The molecule has 1 aromatic carbocycles. The Morgan fingerprint density at radius 3 is 2.71 bits per heavy atom. The van der Waals surface area contributed by atoms with Gasteiger partial charge in [-0.3, -0.25) is 23.5 Å². The molecule has 4 heterocycles. The molecule has 0 aliphatic carbocycles. The standard InChI is InChI=1S/C27H24ClF3N10O4/c1-15(26(44)39-9-5-33-6-10-39)36-25(43)16-2-3-18(21(20(16)28)45-14-42)37-23-24-35-12-19(41(24)11-7-34-23)17-13-40(8-4-32)38-22(17)27(29,30)31/h2-3,7,11-15,33H,5-6,8-10H2,1H3,(H,34,37)(H,36,43)/t15-/m1/s1. The third-order valence-electron chi connectivity index (χ3n) is 6.87. The first kappa shape index (κ1) is 31.2. The summed E-state index contributed by atoms with van der Waals surface area (Å²) in [6.45, 7) is 3.55. The second-order valence-corrected chi connectivity index (χ2v) is 10.1. The van der Waals surface area contributed by atoms with Crippen molar-refractivity contribution in [3.8, 4) is 23.1 Å². The van der Waals surface area contributed by atoms with Crippen LogP contribution in [0.5, 0.6) is 5.75 Å². The Morgan fingerprint density at radius 1 is 1.27 bits per heavy atom. The van der Waals surface area contributed by atoms with Crippen LogP contribution in [0.2, 0.25) is 5.02 Å². The lowest BCUT2D eigenvalue weighted by molar-refractivity contribution is -0.141. The lowest BCUT2D eigenvalue weighted by Crippen LogP contribution is -2.53. The van der Waals surface area contributed by atoms with Crippen LogP contribution < -0.4 is 20.7 Å². The van der Waals surface area contributed by atoms with Gasteiger partial charge in [-0.2, -0.15) is 23.5 Å². The molecule has 2 amide bonds. The van der Waals surface area contributed by atoms with Crippen molar-refractivity contribution < 1.29 is 32.3 Å². The zero-order valence-electron chi connectivity index (χ0n) is 23.4. The van der Waals surface area contributed by atoms with Crippen LogP contribution in [0.1, 0.15) is 23.0 Å². The van der Waals surface area contributed by atoms with Crippen molar-refractivity contribution in [2.45, 2.75) is 25.7 Å². The Labute approximate surface area is 257 Å². The van der Waals surface area contributed by atoms with Gasteiger partial charge in [-0.05, 0) is 19.1 Å².